The third kappa shape index (κ3) is 3.93. The number of hydrogen-bond acceptors (Lipinski definition) is 4. The molecule has 4 rings (SSSR count). The van der Waals surface area contributed by atoms with Crippen LogP contribution in [0.5, 0.6) is 0 Å². The van der Waals surface area contributed by atoms with Crippen molar-refractivity contribution in [2.45, 2.75) is 25.9 Å². The fourth-order valence-electron chi connectivity index (χ4n) is 3.47. The number of carbonyl (C=O) groups excluding carboxylic acids is 1. The molecule has 3 aromatic rings. The number of carbonyl (C=O) groups is 1. The van der Waals surface area contributed by atoms with E-state index in [1.807, 2.05) is 12.1 Å². The molecule has 142 valence electrons. The van der Waals surface area contributed by atoms with Gasteiger partial charge in [0.25, 0.3) is 0 Å². The van der Waals surface area contributed by atoms with Crippen LogP contribution in [0.3, 0.4) is 0 Å². The summed E-state index contributed by atoms with van der Waals surface area (Å²) in [6, 6.07) is 17.2. The zero-order chi connectivity index (χ0) is 19.5. The number of unbranched alkanes of at least 4 members (excludes halogenated alkanes) is 1. The van der Waals surface area contributed by atoms with Crippen LogP contribution in [0.4, 0.5) is 4.39 Å². The minimum absolute atomic E-state index is 0.136. The van der Waals surface area contributed by atoms with Crippen molar-refractivity contribution in [3.8, 4) is 0 Å². The van der Waals surface area contributed by atoms with Gasteiger partial charge in [0, 0.05) is 0 Å². The van der Waals surface area contributed by atoms with E-state index in [2.05, 4.69) is 30.3 Å². The summed E-state index contributed by atoms with van der Waals surface area (Å²) in [6.45, 7) is 0.361. The molecule has 28 heavy (non-hydrogen) atoms. The van der Waals surface area contributed by atoms with Gasteiger partial charge in [0.1, 0.15) is 5.82 Å². The van der Waals surface area contributed by atoms with Gasteiger partial charge in [-0.25, -0.2) is 9.18 Å². The first-order chi connectivity index (χ1) is 13.6. The maximum atomic E-state index is 14.1. The van der Waals surface area contributed by atoms with Crippen LogP contribution in [0, 0.1) is 5.82 Å². The van der Waals surface area contributed by atoms with E-state index in [4.69, 9.17) is 9.39 Å². The van der Waals surface area contributed by atoms with Crippen LogP contribution in [-0.4, -0.2) is 24.7 Å². The molecule has 0 saturated heterocycles. The number of fused-ring (bicyclic) bond motifs is 2. The lowest BCUT2D eigenvalue weighted by atomic mass is 9.78. The normalized spacial score (nSPS) is 13.0. The number of halogens is 1. The van der Waals surface area contributed by atoms with Crippen molar-refractivity contribution in [3.63, 3.8) is 0 Å². The lowest BCUT2D eigenvalue weighted by Crippen LogP contribution is -2.29. The second-order valence-electron chi connectivity index (χ2n) is 6.97. The summed E-state index contributed by atoms with van der Waals surface area (Å²) in [7, 11) is -1.12. The molecule has 1 N–H and O–H groups in total. The van der Waals surface area contributed by atoms with Gasteiger partial charge in [-0.15, -0.1) is 0 Å². The molecule has 0 amide bonds. The van der Waals surface area contributed by atoms with E-state index in [1.165, 1.54) is 28.5 Å². The SMILES string of the molecule is O=C(OCCCCc1ccc2ccccc2c1)c1cc2c(cc1F)COB2O. The van der Waals surface area contributed by atoms with Crippen molar-refractivity contribution in [1.29, 1.82) is 0 Å². The number of rotatable bonds is 6. The van der Waals surface area contributed by atoms with Crippen LogP contribution >= 0.6 is 0 Å². The van der Waals surface area contributed by atoms with E-state index in [-0.39, 0.29) is 18.8 Å². The highest BCUT2D eigenvalue weighted by Gasteiger charge is 2.30. The summed E-state index contributed by atoms with van der Waals surface area (Å²) >= 11 is 0. The van der Waals surface area contributed by atoms with Gasteiger partial charge in [0.2, 0.25) is 0 Å². The van der Waals surface area contributed by atoms with Crippen LogP contribution in [0.15, 0.2) is 54.6 Å². The highest BCUT2D eigenvalue weighted by Crippen LogP contribution is 2.18. The zero-order valence-corrected chi connectivity index (χ0v) is 15.4. The second kappa shape index (κ2) is 8.13. The van der Waals surface area contributed by atoms with Gasteiger partial charge in [-0.1, -0.05) is 42.5 Å². The average Bonchev–Trinajstić information content (AvgIpc) is 3.06. The summed E-state index contributed by atoms with van der Waals surface area (Å²) in [6.07, 6.45) is 2.45. The fraction of sp³-hybridized carbons (Fsp3) is 0.227. The van der Waals surface area contributed by atoms with Crippen LogP contribution in [0.1, 0.15) is 34.3 Å². The minimum Gasteiger partial charge on any atom is -0.462 e. The molecule has 0 aliphatic carbocycles. The van der Waals surface area contributed by atoms with E-state index in [9.17, 15) is 14.2 Å². The van der Waals surface area contributed by atoms with Crippen LogP contribution in [0.2, 0.25) is 0 Å². The Kier molecular flexibility index (Phi) is 5.41. The Morgan fingerprint density at radius 1 is 1.11 bits per heavy atom. The Hall–Kier alpha value is -2.70. The molecule has 0 radical (unpaired) electrons. The smallest absolute Gasteiger partial charge is 0.462 e. The van der Waals surface area contributed by atoms with Crippen molar-refractivity contribution >= 4 is 29.3 Å². The van der Waals surface area contributed by atoms with Crippen molar-refractivity contribution in [2.75, 3.05) is 6.61 Å². The van der Waals surface area contributed by atoms with Gasteiger partial charge >= 0.3 is 13.1 Å². The molecule has 0 spiro atoms. The molecule has 0 aromatic heterocycles. The quantitative estimate of drug-likeness (QED) is 0.406. The predicted octanol–water partition coefficient (Wildman–Crippen LogP) is 3.38. The first-order valence-corrected chi connectivity index (χ1v) is 9.38. The highest BCUT2D eigenvalue weighted by molar-refractivity contribution is 6.61. The maximum Gasteiger partial charge on any atom is 0.491 e. The van der Waals surface area contributed by atoms with E-state index in [0.29, 0.717) is 17.4 Å². The van der Waals surface area contributed by atoms with Gasteiger partial charge < -0.3 is 14.4 Å². The largest absolute Gasteiger partial charge is 0.491 e. The first kappa shape index (κ1) is 18.7. The Morgan fingerprint density at radius 2 is 1.93 bits per heavy atom. The van der Waals surface area contributed by atoms with Gasteiger partial charge in [0.15, 0.2) is 0 Å². The molecule has 0 fully saturated rings. The maximum absolute atomic E-state index is 14.1. The Morgan fingerprint density at radius 3 is 2.79 bits per heavy atom. The summed E-state index contributed by atoms with van der Waals surface area (Å²) in [5.41, 5.74) is 2.04. The molecular weight excluding hydrogens is 358 g/mol. The monoisotopic (exact) mass is 378 g/mol. The molecule has 1 aliphatic rings. The third-order valence-corrected chi connectivity index (χ3v) is 5.02. The van der Waals surface area contributed by atoms with Crippen molar-refractivity contribution < 1.29 is 23.6 Å². The standard InChI is InChI=1S/C22H20BFO4/c24-21-12-18-14-28-23(26)20(18)13-19(21)22(25)27-10-4-3-5-15-8-9-16-6-1-2-7-17(16)11-15/h1-2,6-9,11-13,26H,3-5,10,14H2. The number of esters is 1. The van der Waals surface area contributed by atoms with Gasteiger partial charge in [0.05, 0.1) is 18.8 Å². The van der Waals surface area contributed by atoms with Crippen LogP contribution < -0.4 is 5.46 Å². The van der Waals surface area contributed by atoms with E-state index in [0.717, 1.165) is 12.8 Å². The molecule has 0 atom stereocenters. The summed E-state index contributed by atoms with van der Waals surface area (Å²) < 4.78 is 24.4. The molecule has 6 heteroatoms. The molecule has 0 unspecified atom stereocenters. The van der Waals surface area contributed by atoms with E-state index < -0.39 is 18.9 Å². The van der Waals surface area contributed by atoms with Crippen molar-refractivity contribution in [2.24, 2.45) is 0 Å². The fourth-order valence-corrected chi connectivity index (χ4v) is 3.47. The first-order valence-electron chi connectivity index (χ1n) is 9.38. The van der Waals surface area contributed by atoms with Crippen molar-refractivity contribution in [1.82, 2.24) is 0 Å². The molecular formula is C22H20BFO4. The Bertz CT molecular complexity index is 1020. The molecule has 1 aliphatic heterocycles. The lowest BCUT2D eigenvalue weighted by Gasteiger charge is -2.08. The minimum atomic E-state index is -1.12. The number of ether oxygens (including phenoxy) is 1. The van der Waals surface area contributed by atoms with Gasteiger partial charge in [-0.05, 0) is 58.8 Å². The number of benzene rings is 3. The van der Waals surface area contributed by atoms with Crippen LogP contribution in [0.25, 0.3) is 10.8 Å². The average molecular weight is 378 g/mol. The number of aryl methyl sites for hydroxylation is 1. The van der Waals surface area contributed by atoms with Crippen molar-refractivity contribution in [3.05, 3.63) is 77.1 Å². The highest BCUT2D eigenvalue weighted by atomic mass is 19.1. The topological polar surface area (TPSA) is 55.8 Å². The Labute approximate surface area is 163 Å². The number of hydrogen-bond donors (Lipinski definition) is 1. The molecule has 3 aromatic carbocycles. The molecule has 0 saturated carbocycles. The lowest BCUT2D eigenvalue weighted by molar-refractivity contribution is 0.0493. The molecule has 0 bridgehead atoms. The molecule has 4 nitrogen and oxygen atoms in total. The van der Waals surface area contributed by atoms with Crippen LogP contribution in [-0.2, 0) is 22.4 Å². The van der Waals surface area contributed by atoms with E-state index in [1.54, 1.807) is 0 Å². The zero-order valence-electron chi connectivity index (χ0n) is 15.4. The second-order valence-corrected chi connectivity index (χ2v) is 6.97. The summed E-state index contributed by atoms with van der Waals surface area (Å²) in [5, 5.41) is 12.1. The summed E-state index contributed by atoms with van der Waals surface area (Å²) in [4.78, 5) is 12.2. The predicted molar refractivity (Wildman–Crippen MR) is 106 cm³/mol. The van der Waals surface area contributed by atoms with Gasteiger partial charge in [-0.2, -0.15) is 0 Å². The van der Waals surface area contributed by atoms with Gasteiger partial charge in [-0.3, -0.25) is 0 Å². The van der Waals surface area contributed by atoms with E-state index >= 15 is 0 Å². The molecule has 1 heterocycles. The summed E-state index contributed by atoms with van der Waals surface area (Å²) in [5.74, 6) is -1.37. The third-order valence-electron chi connectivity index (χ3n) is 5.02. The Balaban J connectivity index is 1.28.